The molecule has 2 heterocycles. The molecule has 164 valence electrons. The normalized spacial score (nSPS) is 18.2. The minimum atomic E-state index is -0.0966. The van der Waals surface area contributed by atoms with Gasteiger partial charge in [-0.1, -0.05) is 60.7 Å². The monoisotopic (exact) mass is 427 g/mol. The highest BCUT2D eigenvalue weighted by molar-refractivity contribution is 5.79. The first kappa shape index (κ1) is 20.7. The maximum absolute atomic E-state index is 12.6. The molecule has 3 aromatic rings. The molecule has 2 fully saturated rings. The Morgan fingerprint density at radius 1 is 0.781 bits per heavy atom. The lowest BCUT2D eigenvalue weighted by Gasteiger charge is -2.39. The Labute approximate surface area is 189 Å². The molecule has 2 aliphatic heterocycles. The van der Waals surface area contributed by atoms with Crippen LogP contribution in [0.3, 0.4) is 0 Å². The van der Waals surface area contributed by atoms with Crippen molar-refractivity contribution in [1.82, 2.24) is 15.3 Å². The van der Waals surface area contributed by atoms with Crippen LogP contribution in [0.5, 0.6) is 11.5 Å². The van der Waals surface area contributed by atoms with Gasteiger partial charge in [-0.3, -0.25) is 14.7 Å². The summed E-state index contributed by atoms with van der Waals surface area (Å²) in [6.07, 6.45) is 2.54. The summed E-state index contributed by atoms with van der Waals surface area (Å²) < 4.78 is 5.99. The molecule has 0 atom stereocenters. The van der Waals surface area contributed by atoms with Crippen molar-refractivity contribution in [3.05, 3.63) is 96.1 Å². The van der Waals surface area contributed by atoms with Gasteiger partial charge in [0.2, 0.25) is 5.91 Å². The summed E-state index contributed by atoms with van der Waals surface area (Å²) in [5, 5.41) is 1.81. The van der Waals surface area contributed by atoms with E-state index in [1.165, 1.54) is 5.56 Å². The molecule has 0 radical (unpaired) electrons. The molecule has 5 heteroatoms. The molecule has 0 aromatic heterocycles. The summed E-state index contributed by atoms with van der Waals surface area (Å²) >= 11 is 0. The van der Waals surface area contributed by atoms with Crippen LogP contribution in [0.4, 0.5) is 0 Å². The summed E-state index contributed by atoms with van der Waals surface area (Å²) in [5.74, 6) is 1.91. The Morgan fingerprint density at radius 2 is 1.44 bits per heavy atom. The highest BCUT2D eigenvalue weighted by Crippen LogP contribution is 2.32. The highest BCUT2D eigenvalue weighted by Gasteiger charge is 2.44. The lowest BCUT2D eigenvalue weighted by molar-refractivity contribution is -0.130. The van der Waals surface area contributed by atoms with Crippen LogP contribution in [0.2, 0.25) is 0 Å². The number of para-hydroxylation sites is 1. The van der Waals surface area contributed by atoms with Gasteiger partial charge in [0.15, 0.2) is 0 Å². The average Bonchev–Trinajstić information content (AvgIpc) is 3.11. The number of benzene rings is 3. The van der Waals surface area contributed by atoms with Gasteiger partial charge in [0.25, 0.3) is 0 Å². The molecule has 0 unspecified atom stereocenters. The number of amides is 1. The molecule has 0 bridgehead atoms. The van der Waals surface area contributed by atoms with Crippen molar-refractivity contribution < 1.29 is 9.53 Å². The third-order valence-corrected chi connectivity index (χ3v) is 6.44. The van der Waals surface area contributed by atoms with Crippen LogP contribution in [0.1, 0.15) is 30.4 Å². The summed E-state index contributed by atoms with van der Waals surface area (Å²) in [6.45, 7) is 3.47. The van der Waals surface area contributed by atoms with Crippen LogP contribution in [-0.2, 0) is 17.9 Å². The first-order valence-electron chi connectivity index (χ1n) is 11.3. The number of likely N-dealkylation sites (tertiary alicyclic amines) is 1. The summed E-state index contributed by atoms with van der Waals surface area (Å²) in [6, 6.07) is 28.4. The number of hydrogen-bond donors (Lipinski definition) is 1. The van der Waals surface area contributed by atoms with Crippen molar-refractivity contribution in [2.45, 2.75) is 37.9 Å². The zero-order valence-electron chi connectivity index (χ0n) is 18.2. The van der Waals surface area contributed by atoms with E-state index in [0.29, 0.717) is 13.0 Å². The van der Waals surface area contributed by atoms with Crippen LogP contribution in [0, 0.1) is 0 Å². The number of ether oxygens (including phenoxy) is 1. The average molecular weight is 428 g/mol. The van der Waals surface area contributed by atoms with Gasteiger partial charge >= 0.3 is 0 Å². The lowest BCUT2D eigenvalue weighted by Crippen LogP contribution is -2.52. The quantitative estimate of drug-likeness (QED) is 0.617. The van der Waals surface area contributed by atoms with E-state index in [4.69, 9.17) is 4.74 Å². The van der Waals surface area contributed by atoms with Gasteiger partial charge in [0.1, 0.15) is 11.5 Å². The summed E-state index contributed by atoms with van der Waals surface area (Å²) in [7, 11) is 0. The van der Waals surface area contributed by atoms with E-state index in [0.717, 1.165) is 49.5 Å². The Bertz CT molecular complexity index is 1050. The summed E-state index contributed by atoms with van der Waals surface area (Å²) in [4.78, 5) is 15.1. The number of nitrogens with zero attached hydrogens (tertiary/aromatic N) is 2. The minimum absolute atomic E-state index is 0.0966. The molecule has 5 nitrogen and oxygen atoms in total. The zero-order valence-corrected chi connectivity index (χ0v) is 18.2. The number of rotatable bonds is 6. The molecule has 2 aliphatic rings. The summed E-state index contributed by atoms with van der Waals surface area (Å²) in [5.41, 5.74) is 5.86. The molecule has 1 amide bonds. The third kappa shape index (κ3) is 4.85. The Kier molecular flexibility index (Phi) is 5.93. The van der Waals surface area contributed by atoms with Crippen molar-refractivity contribution in [3.63, 3.8) is 0 Å². The van der Waals surface area contributed by atoms with E-state index in [2.05, 4.69) is 40.7 Å². The number of carbonyl (C=O) groups is 1. The first-order chi connectivity index (χ1) is 15.7. The largest absolute Gasteiger partial charge is 0.457 e. The van der Waals surface area contributed by atoms with E-state index in [1.807, 2.05) is 59.6 Å². The van der Waals surface area contributed by atoms with E-state index < -0.39 is 0 Å². The van der Waals surface area contributed by atoms with Crippen molar-refractivity contribution in [2.75, 3.05) is 13.1 Å². The standard InChI is InChI=1S/C27H29N3O2/c31-26-19-27(28-30(26)21-22-8-3-1-4-9-22)14-16-29(17-15-27)20-23-10-7-13-25(18-23)32-24-11-5-2-6-12-24/h1-13,18,28H,14-17,19-21H2. The van der Waals surface area contributed by atoms with Crippen molar-refractivity contribution in [3.8, 4) is 11.5 Å². The fourth-order valence-corrected chi connectivity index (χ4v) is 4.68. The fraction of sp³-hybridized carbons (Fsp3) is 0.296. The van der Waals surface area contributed by atoms with Crippen LogP contribution >= 0.6 is 0 Å². The third-order valence-electron chi connectivity index (χ3n) is 6.44. The Hall–Kier alpha value is -3.15. The first-order valence-corrected chi connectivity index (χ1v) is 11.3. The van der Waals surface area contributed by atoms with Crippen LogP contribution in [0.25, 0.3) is 0 Å². The van der Waals surface area contributed by atoms with Gasteiger partial charge in [-0.05, 0) is 48.2 Å². The number of hydrogen-bond acceptors (Lipinski definition) is 4. The molecule has 1 N–H and O–H groups in total. The van der Waals surface area contributed by atoms with Crippen molar-refractivity contribution in [1.29, 1.82) is 0 Å². The predicted molar refractivity (Wildman–Crippen MR) is 125 cm³/mol. The van der Waals surface area contributed by atoms with E-state index in [9.17, 15) is 4.79 Å². The van der Waals surface area contributed by atoms with Gasteiger partial charge in [-0.25, -0.2) is 5.43 Å². The van der Waals surface area contributed by atoms with E-state index in [1.54, 1.807) is 0 Å². The molecule has 3 aromatic carbocycles. The van der Waals surface area contributed by atoms with E-state index in [-0.39, 0.29) is 11.4 Å². The van der Waals surface area contributed by atoms with Gasteiger partial charge in [0.05, 0.1) is 6.54 Å². The molecule has 1 spiro atoms. The Balaban J connectivity index is 1.16. The maximum atomic E-state index is 12.6. The second-order valence-electron chi connectivity index (χ2n) is 8.87. The van der Waals surface area contributed by atoms with Crippen LogP contribution < -0.4 is 10.2 Å². The Morgan fingerprint density at radius 3 is 2.19 bits per heavy atom. The fourth-order valence-electron chi connectivity index (χ4n) is 4.68. The molecule has 0 saturated carbocycles. The van der Waals surface area contributed by atoms with E-state index >= 15 is 0 Å². The molecule has 2 saturated heterocycles. The van der Waals surface area contributed by atoms with Gasteiger partial charge in [-0.2, -0.15) is 0 Å². The number of nitrogens with one attached hydrogen (secondary N) is 1. The molecular formula is C27H29N3O2. The van der Waals surface area contributed by atoms with Gasteiger partial charge in [-0.15, -0.1) is 0 Å². The van der Waals surface area contributed by atoms with Gasteiger partial charge < -0.3 is 4.74 Å². The lowest BCUT2D eigenvalue weighted by atomic mass is 9.86. The number of hydrazine groups is 1. The van der Waals surface area contributed by atoms with Crippen molar-refractivity contribution in [2.24, 2.45) is 0 Å². The highest BCUT2D eigenvalue weighted by atomic mass is 16.5. The maximum Gasteiger partial charge on any atom is 0.238 e. The zero-order chi connectivity index (χ0) is 21.8. The molecule has 32 heavy (non-hydrogen) atoms. The van der Waals surface area contributed by atoms with Crippen molar-refractivity contribution >= 4 is 5.91 Å². The van der Waals surface area contributed by atoms with Crippen LogP contribution in [0.15, 0.2) is 84.9 Å². The topological polar surface area (TPSA) is 44.8 Å². The predicted octanol–water partition coefficient (Wildman–Crippen LogP) is 4.75. The molecule has 5 rings (SSSR count). The smallest absolute Gasteiger partial charge is 0.238 e. The van der Waals surface area contributed by atoms with Crippen LogP contribution in [-0.4, -0.2) is 34.4 Å². The molecular weight excluding hydrogens is 398 g/mol. The second kappa shape index (κ2) is 9.15. The van der Waals surface area contributed by atoms with Gasteiger partial charge in [0, 0.05) is 31.6 Å². The number of piperidine rings is 1. The second-order valence-corrected chi connectivity index (χ2v) is 8.87. The minimum Gasteiger partial charge on any atom is -0.457 e. The SMILES string of the molecule is O=C1CC2(CCN(Cc3cccc(Oc4ccccc4)c3)CC2)NN1Cc1ccccc1. The molecule has 0 aliphatic carbocycles. The number of carbonyl (C=O) groups excluding carboxylic acids is 1.